The Morgan fingerprint density at radius 2 is 1.76 bits per heavy atom. The van der Waals surface area contributed by atoms with Gasteiger partial charge in [-0.1, -0.05) is 61.4 Å². The third-order valence-electron chi connectivity index (χ3n) is 5.19. The van der Waals surface area contributed by atoms with Crippen molar-refractivity contribution < 1.29 is 13.9 Å². The van der Waals surface area contributed by atoms with Crippen molar-refractivity contribution >= 4 is 5.91 Å². The van der Waals surface area contributed by atoms with Crippen LogP contribution in [0.1, 0.15) is 42.9 Å². The molecule has 132 valence electrons. The summed E-state index contributed by atoms with van der Waals surface area (Å²) in [5, 5.41) is 3.01. The smallest absolute Gasteiger partial charge is 0.230 e. The second-order valence-corrected chi connectivity index (χ2v) is 6.61. The lowest BCUT2D eigenvalue weighted by Gasteiger charge is -2.29. The van der Waals surface area contributed by atoms with Crippen molar-refractivity contribution in [1.82, 2.24) is 5.32 Å². The van der Waals surface area contributed by atoms with E-state index in [0.29, 0.717) is 24.9 Å². The van der Waals surface area contributed by atoms with Crippen LogP contribution in [0.2, 0.25) is 0 Å². The first-order valence-corrected chi connectivity index (χ1v) is 8.78. The molecule has 1 atom stereocenters. The van der Waals surface area contributed by atoms with E-state index in [1.54, 1.807) is 25.3 Å². The van der Waals surface area contributed by atoms with Gasteiger partial charge in [0.1, 0.15) is 5.82 Å². The molecule has 1 unspecified atom stereocenters. The second-order valence-electron chi connectivity index (χ2n) is 6.61. The standard InChI is InChI=1S/C21H24FNO2/c1-25-19(16-9-3-2-4-10-16)15-23-20(24)21(13-7-8-14-21)17-11-5-6-12-18(17)22/h2-6,9-12,19H,7-8,13-15H2,1H3,(H,23,24). The highest BCUT2D eigenvalue weighted by Crippen LogP contribution is 2.42. The fraction of sp³-hybridized carbons (Fsp3) is 0.381. The summed E-state index contributed by atoms with van der Waals surface area (Å²) >= 11 is 0. The van der Waals surface area contributed by atoms with Crippen LogP contribution in [0.25, 0.3) is 0 Å². The van der Waals surface area contributed by atoms with Gasteiger partial charge in [0.15, 0.2) is 0 Å². The Hall–Kier alpha value is -2.20. The minimum absolute atomic E-state index is 0.104. The van der Waals surface area contributed by atoms with Crippen LogP contribution in [0.3, 0.4) is 0 Å². The maximum atomic E-state index is 14.4. The van der Waals surface area contributed by atoms with E-state index in [1.807, 2.05) is 30.3 Å². The Morgan fingerprint density at radius 3 is 2.40 bits per heavy atom. The Morgan fingerprint density at radius 1 is 1.12 bits per heavy atom. The zero-order valence-corrected chi connectivity index (χ0v) is 14.5. The van der Waals surface area contributed by atoms with Crippen LogP contribution < -0.4 is 5.32 Å². The zero-order chi connectivity index (χ0) is 17.7. The highest BCUT2D eigenvalue weighted by molar-refractivity contribution is 5.88. The largest absolute Gasteiger partial charge is 0.375 e. The summed E-state index contributed by atoms with van der Waals surface area (Å²) in [4.78, 5) is 13.0. The van der Waals surface area contributed by atoms with Gasteiger partial charge in [-0.2, -0.15) is 0 Å². The minimum Gasteiger partial charge on any atom is -0.375 e. The summed E-state index contributed by atoms with van der Waals surface area (Å²) in [6, 6.07) is 16.4. The van der Waals surface area contributed by atoms with E-state index >= 15 is 0 Å². The molecule has 25 heavy (non-hydrogen) atoms. The number of halogens is 1. The molecular weight excluding hydrogens is 317 g/mol. The Bertz CT molecular complexity index is 711. The van der Waals surface area contributed by atoms with Crippen LogP contribution in [-0.4, -0.2) is 19.6 Å². The molecule has 3 rings (SSSR count). The molecule has 1 N–H and O–H groups in total. The number of nitrogens with one attached hydrogen (secondary N) is 1. The van der Waals surface area contributed by atoms with Crippen molar-refractivity contribution in [2.45, 2.75) is 37.2 Å². The highest BCUT2D eigenvalue weighted by Gasteiger charge is 2.44. The topological polar surface area (TPSA) is 38.3 Å². The summed E-state index contributed by atoms with van der Waals surface area (Å²) in [6.45, 7) is 0.371. The van der Waals surface area contributed by atoms with E-state index in [0.717, 1.165) is 18.4 Å². The zero-order valence-electron chi connectivity index (χ0n) is 14.5. The molecule has 0 bridgehead atoms. The summed E-state index contributed by atoms with van der Waals surface area (Å²) < 4.78 is 19.9. The van der Waals surface area contributed by atoms with Crippen LogP contribution in [0, 0.1) is 5.82 Å². The monoisotopic (exact) mass is 341 g/mol. The van der Waals surface area contributed by atoms with Gasteiger partial charge >= 0.3 is 0 Å². The maximum absolute atomic E-state index is 14.4. The predicted octanol–water partition coefficient (Wildman–Crippen LogP) is 4.14. The number of carbonyl (C=O) groups excluding carboxylic acids is 1. The van der Waals surface area contributed by atoms with Crippen LogP contribution >= 0.6 is 0 Å². The quantitative estimate of drug-likeness (QED) is 0.857. The normalized spacial score (nSPS) is 17.2. The Kier molecular flexibility index (Phi) is 5.49. The van der Waals surface area contributed by atoms with Crippen molar-refractivity contribution in [1.29, 1.82) is 0 Å². The van der Waals surface area contributed by atoms with Crippen LogP contribution in [0.5, 0.6) is 0 Å². The third-order valence-corrected chi connectivity index (χ3v) is 5.19. The number of ether oxygens (including phenoxy) is 1. The van der Waals surface area contributed by atoms with Crippen LogP contribution in [-0.2, 0) is 14.9 Å². The molecule has 1 aliphatic rings. The predicted molar refractivity (Wildman–Crippen MR) is 95.7 cm³/mol. The fourth-order valence-electron chi connectivity index (χ4n) is 3.81. The van der Waals surface area contributed by atoms with Gasteiger partial charge in [0, 0.05) is 19.2 Å². The lowest BCUT2D eigenvalue weighted by molar-refractivity contribution is -0.127. The van der Waals surface area contributed by atoms with E-state index in [2.05, 4.69) is 5.32 Å². The minimum atomic E-state index is -0.764. The molecule has 1 saturated carbocycles. The van der Waals surface area contributed by atoms with Gasteiger partial charge < -0.3 is 10.1 Å². The van der Waals surface area contributed by atoms with Gasteiger partial charge in [-0.25, -0.2) is 4.39 Å². The SMILES string of the molecule is COC(CNC(=O)C1(c2ccccc2F)CCCC1)c1ccccc1. The van der Waals surface area contributed by atoms with E-state index in [4.69, 9.17) is 4.74 Å². The number of hydrogen-bond donors (Lipinski definition) is 1. The maximum Gasteiger partial charge on any atom is 0.230 e. The second kappa shape index (κ2) is 7.79. The van der Waals surface area contributed by atoms with Crippen molar-refractivity contribution in [2.24, 2.45) is 0 Å². The molecule has 1 fully saturated rings. The molecular formula is C21H24FNO2. The third kappa shape index (κ3) is 3.59. The van der Waals surface area contributed by atoms with Gasteiger partial charge in [0.05, 0.1) is 11.5 Å². The molecule has 0 saturated heterocycles. The summed E-state index contributed by atoms with van der Waals surface area (Å²) in [5.41, 5.74) is 0.760. The summed E-state index contributed by atoms with van der Waals surface area (Å²) in [7, 11) is 1.63. The molecule has 0 radical (unpaired) electrons. The number of rotatable bonds is 6. The first-order valence-electron chi connectivity index (χ1n) is 8.78. The van der Waals surface area contributed by atoms with E-state index < -0.39 is 5.41 Å². The van der Waals surface area contributed by atoms with Gasteiger partial charge in [-0.3, -0.25) is 4.79 Å². The molecule has 0 aliphatic heterocycles. The number of amides is 1. The summed E-state index contributed by atoms with van der Waals surface area (Å²) in [6.07, 6.45) is 3.03. The fourth-order valence-corrected chi connectivity index (χ4v) is 3.81. The van der Waals surface area contributed by atoms with Gasteiger partial charge in [-0.15, -0.1) is 0 Å². The number of carbonyl (C=O) groups is 1. The molecule has 0 heterocycles. The molecule has 3 nitrogen and oxygen atoms in total. The molecule has 4 heteroatoms. The average Bonchev–Trinajstić information content (AvgIpc) is 3.14. The van der Waals surface area contributed by atoms with Crippen molar-refractivity contribution in [3.05, 3.63) is 71.5 Å². The molecule has 2 aromatic carbocycles. The highest BCUT2D eigenvalue weighted by atomic mass is 19.1. The van der Waals surface area contributed by atoms with Crippen LogP contribution in [0.15, 0.2) is 54.6 Å². The van der Waals surface area contributed by atoms with E-state index in [-0.39, 0.29) is 17.8 Å². The molecule has 2 aromatic rings. The number of benzene rings is 2. The first kappa shape index (κ1) is 17.6. The van der Waals surface area contributed by atoms with Gasteiger partial charge in [0.2, 0.25) is 5.91 Å². The van der Waals surface area contributed by atoms with E-state index in [1.165, 1.54) is 6.07 Å². The van der Waals surface area contributed by atoms with Gasteiger partial charge in [-0.05, 0) is 24.5 Å². The Balaban J connectivity index is 1.77. The average molecular weight is 341 g/mol. The van der Waals surface area contributed by atoms with Gasteiger partial charge in [0.25, 0.3) is 0 Å². The molecule has 1 aliphatic carbocycles. The van der Waals surface area contributed by atoms with Crippen molar-refractivity contribution in [3.63, 3.8) is 0 Å². The van der Waals surface area contributed by atoms with Crippen molar-refractivity contribution in [3.8, 4) is 0 Å². The molecule has 0 aromatic heterocycles. The number of hydrogen-bond acceptors (Lipinski definition) is 2. The molecule has 1 amide bonds. The summed E-state index contributed by atoms with van der Waals surface area (Å²) in [5.74, 6) is -0.404. The van der Waals surface area contributed by atoms with Crippen molar-refractivity contribution in [2.75, 3.05) is 13.7 Å². The Labute approximate surface area is 148 Å². The lowest BCUT2D eigenvalue weighted by atomic mass is 9.77. The molecule has 0 spiro atoms. The van der Waals surface area contributed by atoms with E-state index in [9.17, 15) is 9.18 Å². The lowest BCUT2D eigenvalue weighted by Crippen LogP contribution is -2.44. The number of methoxy groups -OCH3 is 1. The first-order chi connectivity index (χ1) is 12.2. The van der Waals surface area contributed by atoms with Crippen LogP contribution in [0.4, 0.5) is 4.39 Å².